The maximum absolute atomic E-state index is 6.08. The van der Waals surface area contributed by atoms with Gasteiger partial charge in [0.25, 0.3) is 0 Å². The molecule has 1 unspecified atom stereocenters. The Labute approximate surface area is 209 Å². The maximum Gasteiger partial charge on any atom is 0.177 e. The zero-order chi connectivity index (χ0) is 25.3. The molecule has 4 rings (SSSR count). The van der Waals surface area contributed by atoms with Gasteiger partial charge in [0.15, 0.2) is 5.65 Å². The van der Waals surface area contributed by atoms with Crippen LogP contribution in [0.25, 0.3) is 16.7 Å². The number of hydrogen-bond donors (Lipinski definition) is 2. The predicted octanol–water partition coefficient (Wildman–Crippen LogP) is 5.95. The summed E-state index contributed by atoms with van der Waals surface area (Å²) in [6, 6.07) is 2.08. The van der Waals surface area contributed by atoms with Gasteiger partial charge in [-0.2, -0.15) is 0 Å². The fourth-order valence-corrected chi connectivity index (χ4v) is 5.40. The van der Waals surface area contributed by atoms with E-state index in [1.807, 2.05) is 13.1 Å². The molecule has 0 aromatic carbocycles. The summed E-state index contributed by atoms with van der Waals surface area (Å²) in [6.07, 6.45) is 10.6. The van der Waals surface area contributed by atoms with Gasteiger partial charge in [-0.05, 0) is 62.2 Å². The highest BCUT2D eigenvalue weighted by molar-refractivity contribution is 6.02. The van der Waals surface area contributed by atoms with Crippen molar-refractivity contribution in [2.75, 3.05) is 20.1 Å². The first kappa shape index (κ1) is 25.1. The molecular weight excluding hydrogens is 432 g/mol. The number of pyridine rings is 1. The summed E-state index contributed by atoms with van der Waals surface area (Å²) in [5, 5.41) is 0. The minimum Gasteiger partial charge on any atom is -0.373 e. The Hall–Kier alpha value is -2.99. The Morgan fingerprint density at radius 2 is 2.14 bits per heavy atom. The van der Waals surface area contributed by atoms with E-state index in [0.29, 0.717) is 12.5 Å². The zero-order valence-electron chi connectivity index (χ0n) is 22.2. The second-order valence-electron chi connectivity index (χ2n) is 10.9. The third kappa shape index (κ3) is 5.48. The molecule has 0 amide bonds. The Morgan fingerprint density at radius 1 is 1.37 bits per heavy atom. The van der Waals surface area contributed by atoms with Gasteiger partial charge in [0.05, 0.1) is 11.2 Å². The summed E-state index contributed by atoms with van der Waals surface area (Å²) in [5.41, 5.74) is 16.3. The number of fused-ring (bicyclic) bond motifs is 2. The molecule has 0 saturated heterocycles. The van der Waals surface area contributed by atoms with Crippen molar-refractivity contribution in [2.24, 2.45) is 22.1 Å². The smallest absolute Gasteiger partial charge is 0.177 e. The molecular formula is C29H40N6. The van der Waals surface area contributed by atoms with Crippen LogP contribution < -0.4 is 5.73 Å². The van der Waals surface area contributed by atoms with Gasteiger partial charge >= 0.3 is 0 Å². The van der Waals surface area contributed by atoms with Crippen LogP contribution in [0, 0.1) is 18.3 Å². The fourth-order valence-electron chi connectivity index (χ4n) is 5.40. The summed E-state index contributed by atoms with van der Waals surface area (Å²) in [6.45, 7) is 16.8. The zero-order valence-corrected chi connectivity index (χ0v) is 22.2. The number of aryl methyl sites for hydroxylation is 1. The third-order valence-corrected chi connectivity index (χ3v) is 7.17. The van der Waals surface area contributed by atoms with Crippen molar-refractivity contribution < 1.29 is 0 Å². The Morgan fingerprint density at radius 3 is 2.86 bits per heavy atom. The second-order valence-corrected chi connectivity index (χ2v) is 10.9. The molecule has 3 N–H and O–H groups in total. The van der Waals surface area contributed by atoms with E-state index < -0.39 is 0 Å². The number of H-pyrrole nitrogens is 1. The number of aliphatic imine (C=N–C) groups is 1. The minimum atomic E-state index is 0.280. The van der Waals surface area contributed by atoms with E-state index in [9.17, 15) is 0 Å². The first-order valence-corrected chi connectivity index (χ1v) is 12.7. The molecule has 186 valence electrons. The molecule has 2 aliphatic rings. The van der Waals surface area contributed by atoms with E-state index in [-0.39, 0.29) is 5.41 Å². The molecule has 1 aliphatic carbocycles. The van der Waals surface area contributed by atoms with Gasteiger partial charge in [0.2, 0.25) is 0 Å². The highest BCUT2D eigenvalue weighted by Gasteiger charge is 2.34. The predicted molar refractivity (Wildman–Crippen MR) is 147 cm³/mol. The number of aromatic amines is 1. The van der Waals surface area contributed by atoms with E-state index >= 15 is 0 Å². The summed E-state index contributed by atoms with van der Waals surface area (Å²) >= 11 is 0. The Balaban J connectivity index is 1.62. The van der Waals surface area contributed by atoms with Crippen LogP contribution >= 0.6 is 0 Å². The fraction of sp³-hybridized carbons (Fsp3) is 0.483. The van der Waals surface area contributed by atoms with Gasteiger partial charge in [0, 0.05) is 49.2 Å². The van der Waals surface area contributed by atoms with Gasteiger partial charge in [-0.3, -0.25) is 4.99 Å². The molecule has 1 saturated carbocycles. The molecule has 35 heavy (non-hydrogen) atoms. The summed E-state index contributed by atoms with van der Waals surface area (Å²) in [7, 11) is 2.21. The van der Waals surface area contributed by atoms with Crippen molar-refractivity contribution in [1.29, 1.82) is 0 Å². The molecule has 2 aromatic rings. The van der Waals surface area contributed by atoms with Crippen LogP contribution in [-0.4, -0.2) is 45.7 Å². The molecule has 1 atom stereocenters. The summed E-state index contributed by atoms with van der Waals surface area (Å²) in [4.78, 5) is 19.6. The molecule has 6 heteroatoms. The highest BCUT2D eigenvalue weighted by Crippen LogP contribution is 2.42. The molecule has 0 bridgehead atoms. The van der Waals surface area contributed by atoms with Gasteiger partial charge in [0.1, 0.15) is 5.82 Å². The molecule has 1 aliphatic heterocycles. The number of likely N-dealkylation sites (N-methyl/N-ethyl adjacent to an activating group) is 1. The van der Waals surface area contributed by atoms with Crippen LogP contribution in [0.4, 0.5) is 0 Å². The topological polar surface area (TPSA) is 83.2 Å². The van der Waals surface area contributed by atoms with Gasteiger partial charge < -0.3 is 15.6 Å². The van der Waals surface area contributed by atoms with Crippen LogP contribution in [0.3, 0.4) is 0 Å². The standard InChI is InChI=1S/C29H40N6/c1-8-21-12-23(15-30)34-25-9-10-29(5,6)14-24(25)27(21)35(7)17-18(2)11-19(3)22-13-26-28(31-16-22)33-20(4)32-26/h11-13,16,21H,3,8-10,14-15,17,30H2,1-2,4-7H3,(H,31,32,33). The van der Waals surface area contributed by atoms with Crippen molar-refractivity contribution >= 4 is 22.4 Å². The Kier molecular flexibility index (Phi) is 7.13. The molecule has 0 radical (unpaired) electrons. The summed E-state index contributed by atoms with van der Waals surface area (Å²) < 4.78 is 0. The SMILES string of the molecule is C=C(C=C(C)CN(C)C1=C2CC(C)(C)CCC2=NC(CN)=CC1CC)c1cnc2nc(C)[nH]c2c1. The van der Waals surface area contributed by atoms with Crippen LogP contribution in [-0.2, 0) is 0 Å². The lowest BCUT2D eigenvalue weighted by Gasteiger charge is -2.37. The average molecular weight is 473 g/mol. The van der Waals surface area contributed by atoms with Gasteiger partial charge in [-0.25, -0.2) is 9.97 Å². The number of imidazole rings is 1. The van der Waals surface area contributed by atoms with Gasteiger partial charge in [-0.15, -0.1) is 0 Å². The van der Waals surface area contributed by atoms with E-state index in [1.165, 1.54) is 22.6 Å². The average Bonchev–Trinajstić information content (AvgIpc) is 3.09. The first-order valence-electron chi connectivity index (χ1n) is 12.7. The van der Waals surface area contributed by atoms with E-state index in [0.717, 1.165) is 66.0 Å². The number of hydrogen-bond acceptors (Lipinski definition) is 5. The first-order chi connectivity index (χ1) is 16.6. The van der Waals surface area contributed by atoms with Crippen molar-refractivity contribution in [2.45, 2.75) is 60.3 Å². The number of nitrogens with zero attached hydrogens (tertiary/aromatic N) is 4. The van der Waals surface area contributed by atoms with Crippen LogP contribution in [0.1, 0.15) is 64.8 Å². The highest BCUT2D eigenvalue weighted by atomic mass is 15.1. The van der Waals surface area contributed by atoms with Gasteiger partial charge in [-0.1, -0.05) is 45.1 Å². The second kappa shape index (κ2) is 9.94. The van der Waals surface area contributed by atoms with Crippen molar-refractivity contribution in [3.63, 3.8) is 0 Å². The number of rotatable bonds is 7. The molecule has 6 nitrogen and oxygen atoms in total. The number of aromatic nitrogens is 3. The van der Waals surface area contributed by atoms with Crippen molar-refractivity contribution in [1.82, 2.24) is 19.9 Å². The molecule has 3 heterocycles. The van der Waals surface area contributed by atoms with E-state index in [2.05, 4.69) is 79.4 Å². The number of nitrogens with one attached hydrogen (secondary N) is 1. The van der Waals surface area contributed by atoms with Crippen LogP contribution in [0.15, 0.2) is 58.5 Å². The molecule has 0 spiro atoms. The largest absolute Gasteiger partial charge is 0.373 e. The lowest BCUT2D eigenvalue weighted by molar-refractivity contribution is 0.317. The Bertz CT molecular complexity index is 1250. The minimum absolute atomic E-state index is 0.280. The quantitative estimate of drug-likeness (QED) is 0.488. The van der Waals surface area contributed by atoms with E-state index in [4.69, 9.17) is 10.7 Å². The lowest BCUT2D eigenvalue weighted by atomic mass is 9.72. The molecule has 2 aromatic heterocycles. The van der Waals surface area contributed by atoms with Crippen LogP contribution in [0.2, 0.25) is 0 Å². The third-order valence-electron chi connectivity index (χ3n) is 7.17. The monoisotopic (exact) mass is 472 g/mol. The van der Waals surface area contributed by atoms with Crippen LogP contribution in [0.5, 0.6) is 0 Å². The van der Waals surface area contributed by atoms with E-state index in [1.54, 1.807) is 0 Å². The normalized spacial score (nSPS) is 20.3. The lowest BCUT2D eigenvalue weighted by Crippen LogP contribution is -2.31. The number of nitrogens with two attached hydrogens (primary N) is 1. The molecule has 1 fully saturated rings. The maximum atomic E-state index is 6.08. The number of allylic oxidation sites excluding steroid dienone is 4. The summed E-state index contributed by atoms with van der Waals surface area (Å²) in [5.74, 6) is 1.18. The van der Waals surface area contributed by atoms with Crippen molar-refractivity contribution in [3.05, 3.63) is 64.9 Å². The van der Waals surface area contributed by atoms with Crippen molar-refractivity contribution in [3.8, 4) is 0 Å².